The number of aryl methyl sites for hydroxylation is 1. The second-order valence-corrected chi connectivity index (χ2v) is 7.53. The van der Waals surface area contributed by atoms with E-state index in [0.717, 1.165) is 24.1 Å². The highest BCUT2D eigenvalue weighted by atomic mass is 35.5. The van der Waals surface area contributed by atoms with Crippen LogP contribution >= 0.6 is 11.6 Å². The van der Waals surface area contributed by atoms with E-state index in [2.05, 4.69) is 10.6 Å². The van der Waals surface area contributed by atoms with Crippen molar-refractivity contribution in [2.75, 3.05) is 5.32 Å². The van der Waals surface area contributed by atoms with E-state index >= 15 is 0 Å². The number of nitrogens with one attached hydrogen (secondary N) is 2. The number of hydrogen-bond donors (Lipinski definition) is 2. The molecule has 0 heterocycles. The van der Waals surface area contributed by atoms with Gasteiger partial charge in [-0.15, -0.1) is 0 Å². The third-order valence-electron chi connectivity index (χ3n) is 5.11. The minimum absolute atomic E-state index is 0.0508. The van der Waals surface area contributed by atoms with Gasteiger partial charge in [0.25, 0.3) is 0 Å². The highest BCUT2D eigenvalue weighted by Gasteiger charge is 2.48. The maximum absolute atomic E-state index is 12.4. The van der Waals surface area contributed by atoms with Crippen molar-refractivity contribution < 1.29 is 9.59 Å². The van der Waals surface area contributed by atoms with E-state index < -0.39 is 0 Å². The molecule has 2 amide bonds. The molecule has 5 heteroatoms. The fraction of sp³-hybridized carbons (Fsp3) is 0.579. The summed E-state index contributed by atoms with van der Waals surface area (Å²) in [5.74, 6) is -0.386. The Hall–Kier alpha value is -1.55. The van der Waals surface area contributed by atoms with Crippen LogP contribution in [0.25, 0.3) is 0 Å². The summed E-state index contributed by atoms with van der Waals surface area (Å²) in [6.45, 7) is 1.91. The standard InChI is InChI=1S/C19H25ClN2O2/c1-12-10-13(20)8-9-17(12)22-19(24)16-11-15(16)18(23)21-14-6-4-2-3-5-7-14/h8-10,14-16H,2-7,11H2,1H3,(H,21,23)(H,22,24). The highest BCUT2D eigenvalue weighted by molar-refractivity contribution is 6.30. The van der Waals surface area contributed by atoms with Gasteiger partial charge in [-0.25, -0.2) is 0 Å². The number of carbonyl (C=O) groups excluding carboxylic acids is 2. The molecule has 0 bridgehead atoms. The fourth-order valence-electron chi connectivity index (χ4n) is 3.50. The van der Waals surface area contributed by atoms with E-state index in [4.69, 9.17) is 11.6 Å². The largest absolute Gasteiger partial charge is 0.353 e. The Labute approximate surface area is 148 Å². The zero-order valence-corrected chi connectivity index (χ0v) is 14.9. The van der Waals surface area contributed by atoms with Gasteiger partial charge in [-0.05, 0) is 49.9 Å². The molecule has 130 valence electrons. The third-order valence-corrected chi connectivity index (χ3v) is 5.35. The van der Waals surface area contributed by atoms with Crippen molar-refractivity contribution in [3.05, 3.63) is 28.8 Å². The van der Waals surface area contributed by atoms with Gasteiger partial charge in [0.1, 0.15) is 0 Å². The first-order valence-corrected chi connectivity index (χ1v) is 9.30. The Bertz CT molecular complexity index is 624. The molecule has 0 aliphatic heterocycles. The normalized spacial score (nSPS) is 24.1. The lowest BCUT2D eigenvalue weighted by atomic mass is 10.1. The van der Waals surface area contributed by atoms with Crippen molar-refractivity contribution in [2.24, 2.45) is 11.8 Å². The lowest BCUT2D eigenvalue weighted by molar-refractivity contribution is -0.125. The van der Waals surface area contributed by atoms with Crippen LogP contribution in [0.15, 0.2) is 18.2 Å². The van der Waals surface area contributed by atoms with Gasteiger partial charge in [0.15, 0.2) is 0 Å². The Morgan fingerprint density at radius 2 is 1.71 bits per heavy atom. The quantitative estimate of drug-likeness (QED) is 0.806. The number of carbonyl (C=O) groups is 2. The van der Waals surface area contributed by atoms with Gasteiger partial charge >= 0.3 is 0 Å². The minimum atomic E-state index is -0.203. The molecule has 0 saturated heterocycles. The van der Waals surface area contributed by atoms with Crippen LogP contribution < -0.4 is 10.6 Å². The van der Waals surface area contributed by atoms with Gasteiger partial charge in [-0.2, -0.15) is 0 Å². The summed E-state index contributed by atoms with van der Waals surface area (Å²) in [5, 5.41) is 6.72. The second kappa shape index (κ2) is 7.56. The second-order valence-electron chi connectivity index (χ2n) is 7.09. The summed E-state index contributed by atoms with van der Waals surface area (Å²) in [4.78, 5) is 24.7. The number of rotatable bonds is 4. The van der Waals surface area contributed by atoms with Crippen LogP contribution in [0.5, 0.6) is 0 Å². The molecular formula is C19H25ClN2O2. The maximum Gasteiger partial charge on any atom is 0.228 e. The number of hydrogen-bond acceptors (Lipinski definition) is 2. The Balaban J connectivity index is 1.50. The fourth-order valence-corrected chi connectivity index (χ4v) is 3.73. The summed E-state index contributed by atoms with van der Waals surface area (Å²) in [6, 6.07) is 5.68. The first-order chi connectivity index (χ1) is 11.5. The van der Waals surface area contributed by atoms with Crippen molar-refractivity contribution in [3.63, 3.8) is 0 Å². The van der Waals surface area contributed by atoms with Crippen molar-refractivity contribution in [1.29, 1.82) is 0 Å². The van der Waals surface area contributed by atoms with Gasteiger partial charge in [0, 0.05) is 16.8 Å². The number of amides is 2. The van der Waals surface area contributed by atoms with Gasteiger partial charge in [0.2, 0.25) is 11.8 Å². The molecule has 1 aromatic carbocycles. The molecular weight excluding hydrogens is 324 g/mol. The van der Waals surface area contributed by atoms with E-state index in [-0.39, 0.29) is 23.7 Å². The van der Waals surface area contributed by atoms with Crippen LogP contribution in [0.3, 0.4) is 0 Å². The van der Waals surface area contributed by atoms with Crippen LogP contribution in [-0.4, -0.2) is 17.9 Å². The molecule has 2 aliphatic carbocycles. The number of anilines is 1. The van der Waals surface area contributed by atoms with Crippen molar-refractivity contribution in [1.82, 2.24) is 5.32 Å². The summed E-state index contributed by atoms with van der Waals surface area (Å²) in [5.41, 5.74) is 1.69. The van der Waals surface area contributed by atoms with Crippen molar-refractivity contribution in [3.8, 4) is 0 Å². The average Bonchev–Trinajstić information content (AvgIpc) is 3.34. The zero-order valence-electron chi connectivity index (χ0n) is 14.1. The highest BCUT2D eigenvalue weighted by Crippen LogP contribution is 2.40. The van der Waals surface area contributed by atoms with Gasteiger partial charge in [-0.3, -0.25) is 9.59 Å². The molecule has 2 aliphatic rings. The Morgan fingerprint density at radius 3 is 2.38 bits per heavy atom. The summed E-state index contributed by atoms with van der Waals surface area (Å²) < 4.78 is 0. The first-order valence-electron chi connectivity index (χ1n) is 8.92. The van der Waals surface area contributed by atoms with Gasteiger partial charge < -0.3 is 10.6 Å². The van der Waals surface area contributed by atoms with Crippen LogP contribution in [0.1, 0.15) is 50.5 Å². The van der Waals surface area contributed by atoms with Gasteiger partial charge in [0.05, 0.1) is 11.8 Å². The maximum atomic E-state index is 12.4. The van der Waals surface area contributed by atoms with E-state index in [1.807, 2.05) is 13.0 Å². The zero-order chi connectivity index (χ0) is 17.1. The molecule has 1 aromatic rings. The summed E-state index contributed by atoms with van der Waals surface area (Å²) >= 11 is 5.93. The van der Waals surface area contributed by atoms with Crippen LogP contribution in [0, 0.1) is 18.8 Å². The molecule has 0 radical (unpaired) electrons. The molecule has 0 spiro atoms. The lowest BCUT2D eigenvalue weighted by Gasteiger charge is -2.16. The summed E-state index contributed by atoms with van der Waals surface area (Å²) in [6.07, 6.45) is 7.70. The molecule has 24 heavy (non-hydrogen) atoms. The van der Waals surface area contributed by atoms with E-state index in [1.54, 1.807) is 12.1 Å². The topological polar surface area (TPSA) is 58.2 Å². The Kier molecular flexibility index (Phi) is 5.44. The smallest absolute Gasteiger partial charge is 0.228 e. The van der Waals surface area contributed by atoms with E-state index in [1.165, 1.54) is 25.7 Å². The predicted molar refractivity (Wildman–Crippen MR) is 96.0 cm³/mol. The molecule has 2 atom stereocenters. The number of benzene rings is 1. The number of halogens is 1. The van der Waals surface area contributed by atoms with Gasteiger partial charge in [-0.1, -0.05) is 37.3 Å². The molecule has 4 nitrogen and oxygen atoms in total. The monoisotopic (exact) mass is 348 g/mol. The predicted octanol–water partition coefficient (Wildman–Crippen LogP) is 4.06. The Morgan fingerprint density at radius 1 is 1.04 bits per heavy atom. The van der Waals surface area contributed by atoms with Crippen LogP contribution in [0.2, 0.25) is 5.02 Å². The third kappa shape index (κ3) is 4.29. The molecule has 2 unspecified atom stereocenters. The van der Waals surface area contributed by atoms with E-state index in [0.29, 0.717) is 17.5 Å². The van der Waals surface area contributed by atoms with Crippen LogP contribution in [0.4, 0.5) is 5.69 Å². The van der Waals surface area contributed by atoms with Crippen molar-refractivity contribution in [2.45, 2.75) is 57.9 Å². The molecule has 2 N–H and O–H groups in total. The minimum Gasteiger partial charge on any atom is -0.353 e. The van der Waals surface area contributed by atoms with Crippen LogP contribution in [-0.2, 0) is 9.59 Å². The van der Waals surface area contributed by atoms with E-state index in [9.17, 15) is 9.59 Å². The lowest BCUT2D eigenvalue weighted by Crippen LogP contribution is -2.36. The molecule has 2 fully saturated rings. The SMILES string of the molecule is Cc1cc(Cl)ccc1NC(=O)C1CC1C(=O)NC1CCCCCC1. The molecule has 3 rings (SSSR count). The van der Waals surface area contributed by atoms with Crippen molar-refractivity contribution >= 4 is 29.1 Å². The molecule has 2 saturated carbocycles. The average molecular weight is 349 g/mol. The molecule has 0 aromatic heterocycles. The first kappa shape index (κ1) is 17.3. The summed E-state index contributed by atoms with van der Waals surface area (Å²) in [7, 11) is 0.